The molecule has 0 unspecified atom stereocenters. The van der Waals surface area contributed by atoms with E-state index >= 15 is 0 Å². The van der Waals surface area contributed by atoms with Crippen molar-refractivity contribution in [3.63, 3.8) is 0 Å². The lowest BCUT2D eigenvalue weighted by Crippen LogP contribution is -2.05. The van der Waals surface area contributed by atoms with Crippen LogP contribution in [-0.2, 0) is 6.54 Å². The van der Waals surface area contributed by atoms with Gasteiger partial charge in [-0.05, 0) is 29.0 Å². The summed E-state index contributed by atoms with van der Waals surface area (Å²) < 4.78 is 0. The number of carbonyl (C=O) groups is 1. The summed E-state index contributed by atoms with van der Waals surface area (Å²) in [6.07, 6.45) is 1.40. The predicted octanol–water partition coefficient (Wildman–Crippen LogP) is 2.49. The summed E-state index contributed by atoms with van der Waals surface area (Å²) in [4.78, 5) is 11.3. The first kappa shape index (κ1) is 17.6. The number of aromatic amines is 1. The Morgan fingerprint density at radius 2 is 2.04 bits per heavy atom. The van der Waals surface area contributed by atoms with E-state index in [0.717, 1.165) is 5.56 Å². The number of rotatable bonds is 7. The van der Waals surface area contributed by atoms with Crippen LogP contribution in [0.15, 0.2) is 54.7 Å². The molecule has 0 radical (unpaired) electrons. The van der Waals surface area contributed by atoms with Crippen LogP contribution in [0.4, 0.5) is 11.4 Å². The molecule has 0 amide bonds. The number of anilines is 2. The molecule has 9 nitrogen and oxygen atoms in total. The van der Waals surface area contributed by atoms with Crippen LogP contribution in [0, 0.1) is 11.3 Å². The van der Waals surface area contributed by atoms with Gasteiger partial charge in [-0.3, -0.25) is 0 Å². The molecule has 0 spiro atoms. The van der Waals surface area contributed by atoms with Crippen LogP contribution in [0.2, 0.25) is 0 Å². The zero-order valence-electron chi connectivity index (χ0n) is 14.0. The summed E-state index contributed by atoms with van der Waals surface area (Å²) in [5.74, 6) is -0.909. The van der Waals surface area contributed by atoms with Crippen molar-refractivity contribution in [3.05, 3.63) is 71.7 Å². The van der Waals surface area contributed by atoms with E-state index in [-0.39, 0.29) is 17.0 Å². The average Bonchev–Trinajstić information content (AvgIpc) is 3.22. The summed E-state index contributed by atoms with van der Waals surface area (Å²) in [6.45, 7) is 0.557. The lowest BCUT2D eigenvalue weighted by atomic mass is 10.1. The molecule has 4 N–H and O–H groups in total. The zero-order chi connectivity index (χ0) is 19.1. The van der Waals surface area contributed by atoms with Crippen molar-refractivity contribution in [3.8, 4) is 6.07 Å². The number of nitrogens with zero attached hydrogens (tertiary/aromatic N) is 4. The van der Waals surface area contributed by atoms with E-state index in [2.05, 4.69) is 31.3 Å². The highest BCUT2D eigenvalue weighted by molar-refractivity contribution is 5.91. The third kappa shape index (κ3) is 4.46. The van der Waals surface area contributed by atoms with E-state index < -0.39 is 5.97 Å². The van der Waals surface area contributed by atoms with Crippen molar-refractivity contribution in [1.82, 2.24) is 20.6 Å². The quantitative estimate of drug-likeness (QED) is 0.471. The molecule has 9 heteroatoms. The number of nitriles is 1. The van der Waals surface area contributed by atoms with E-state index in [4.69, 9.17) is 0 Å². The number of carboxylic acid groups (broad SMARTS) is 1. The van der Waals surface area contributed by atoms with E-state index in [9.17, 15) is 15.2 Å². The van der Waals surface area contributed by atoms with Gasteiger partial charge in [0.2, 0.25) is 5.82 Å². The minimum atomic E-state index is -1.05. The Balaban J connectivity index is 1.85. The fourth-order valence-electron chi connectivity index (χ4n) is 2.32. The van der Waals surface area contributed by atoms with Crippen LogP contribution in [0.1, 0.15) is 21.7 Å². The van der Waals surface area contributed by atoms with Gasteiger partial charge >= 0.3 is 5.97 Å². The number of aromatic carboxylic acids is 1. The van der Waals surface area contributed by atoms with Gasteiger partial charge in [0.05, 0.1) is 16.9 Å². The first-order valence-corrected chi connectivity index (χ1v) is 7.93. The van der Waals surface area contributed by atoms with Crippen molar-refractivity contribution in [2.75, 3.05) is 10.6 Å². The van der Waals surface area contributed by atoms with E-state index in [1.165, 1.54) is 18.3 Å². The van der Waals surface area contributed by atoms with Crippen molar-refractivity contribution >= 4 is 22.9 Å². The van der Waals surface area contributed by atoms with Gasteiger partial charge in [0.25, 0.3) is 0 Å². The Morgan fingerprint density at radius 1 is 1.22 bits per heavy atom. The summed E-state index contributed by atoms with van der Waals surface area (Å²) in [5.41, 5.74) is 2.53. The Kier molecular flexibility index (Phi) is 5.39. The highest BCUT2D eigenvalue weighted by Gasteiger charge is 2.10. The summed E-state index contributed by atoms with van der Waals surface area (Å²) in [7, 11) is 0. The number of nitrogens with one attached hydrogen (secondary N) is 3. The van der Waals surface area contributed by atoms with Crippen LogP contribution in [-0.4, -0.2) is 31.7 Å². The lowest BCUT2D eigenvalue weighted by Gasteiger charge is -2.13. The molecular weight excluding hydrogens is 346 g/mol. The number of hydrogen-bond acceptors (Lipinski definition) is 7. The molecule has 1 heterocycles. The number of carboxylic acids is 1. The number of H-pyrrole nitrogens is 1. The molecule has 2 aromatic carbocycles. The zero-order valence-corrected chi connectivity index (χ0v) is 14.0. The number of benzene rings is 2. The number of tetrazole rings is 1. The molecule has 3 aromatic rings. The Hall–Kier alpha value is -4.19. The molecule has 0 aliphatic heterocycles. The molecule has 0 bridgehead atoms. The number of hydrogen-bond donors (Lipinski definition) is 4. The molecule has 3 rings (SSSR count). The van der Waals surface area contributed by atoms with Crippen LogP contribution in [0.25, 0.3) is 5.57 Å². The minimum absolute atomic E-state index is 0.120. The smallest absolute Gasteiger partial charge is 0.335 e. The van der Waals surface area contributed by atoms with Crippen molar-refractivity contribution in [2.45, 2.75) is 6.54 Å². The third-order valence-corrected chi connectivity index (χ3v) is 3.67. The Morgan fingerprint density at radius 3 is 2.70 bits per heavy atom. The molecule has 0 fully saturated rings. The van der Waals surface area contributed by atoms with Crippen LogP contribution in [0.5, 0.6) is 0 Å². The van der Waals surface area contributed by atoms with Gasteiger partial charge in [-0.1, -0.05) is 30.3 Å². The highest BCUT2D eigenvalue weighted by Crippen LogP contribution is 2.25. The van der Waals surface area contributed by atoms with Gasteiger partial charge in [-0.25, -0.2) is 4.79 Å². The Labute approximate surface area is 154 Å². The fraction of sp³-hybridized carbons (Fsp3) is 0.0556. The van der Waals surface area contributed by atoms with Crippen LogP contribution >= 0.6 is 0 Å². The van der Waals surface area contributed by atoms with Gasteiger partial charge in [-0.2, -0.15) is 10.5 Å². The van der Waals surface area contributed by atoms with E-state index in [1.807, 2.05) is 36.4 Å². The standard InChI is InChI=1S/C18H15N7O2/c19-9-14(17-22-24-25-23-17)11-21-16-8-13(18(26)27)6-7-15(16)20-10-12-4-2-1-3-5-12/h1-8,11,20-21H,10H2,(H,26,27)(H,22,23,24,25). The highest BCUT2D eigenvalue weighted by atomic mass is 16.4. The van der Waals surface area contributed by atoms with Crippen molar-refractivity contribution < 1.29 is 9.90 Å². The second-order valence-electron chi connectivity index (χ2n) is 5.45. The van der Waals surface area contributed by atoms with Gasteiger partial charge in [0.15, 0.2) is 0 Å². The fourth-order valence-corrected chi connectivity index (χ4v) is 2.32. The maximum Gasteiger partial charge on any atom is 0.335 e. The first-order chi connectivity index (χ1) is 13.2. The van der Waals surface area contributed by atoms with Crippen molar-refractivity contribution in [2.24, 2.45) is 0 Å². The maximum absolute atomic E-state index is 11.3. The second-order valence-corrected chi connectivity index (χ2v) is 5.45. The molecule has 0 saturated carbocycles. The molecule has 134 valence electrons. The van der Waals surface area contributed by atoms with E-state index in [0.29, 0.717) is 17.9 Å². The summed E-state index contributed by atoms with van der Waals surface area (Å²) in [6, 6.07) is 16.4. The van der Waals surface area contributed by atoms with Gasteiger partial charge in [0.1, 0.15) is 11.6 Å². The van der Waals surface area contributed by atoms with Gasteiger partial charge < -0.3 is 15.7 Å². The van der Waals surface area contributed by atoms with Crippen molar-refractivity contribution in [1.29, 1.82) is 5.26 Å². The topological polar surface area (TPSA) is 140 Å². The second kappa shape index (κ2) is 8.26. The lowest BCUT2D eigenvalue weighted by molar-refractivity contribution is 0.0697. The Bertz CT molecular complexity index is 992. The maximum atomic E-state index is 11.3. The SMILES string of the molecule is N#CC(=CNc1cc(C(=O)O)ccc1NCc1ccccc1)c1nn[nH]n1. The average molecular weight is 361 g/mol. The minimum Gasteiger partial charge on any atom is -0.478 e. The van der Waals surface area contributed by atoms with E-state index in [1.54, 1.807) is 6.07 Å². The molecule has 0 aliphatic rings. The number of aromatic nitrogens is 4. The van der Waals surface area contributed by atoms with Gasteiger partial charge in [0, 0.05) is 12.7 Å². The van der Waals surface area contributed by atoms with Gasteiger partial charge in [-0.15, -0.1) is 10.2 Å². The molecular formula is C18H15N7O2. The predicted molar refractivity (Wildman–Crippen MR) is 98.6 cm³/mol. The third-order valence-electron chi connectivity index (χ3n) is 3.67. The largest absolute Gasteiger partial charge is 0.478 e. The molecule has 0 saturated heterocycles. The summed E-state index contributed by atoms with van der Waals surface area (Å²) >= 11 is 0. The molecule has 1 aromatic heterocycles. The molecule has 0 atom stereocenters. The normalized spacial score (nSPS) is 10.9. The molecule has 0 aliphatic carbocycles. The van der Waals surface area contributed by atoms with Crippen LogP contribution < -0.4 is 10.6 Å². The monoisotopic (exact) mass is 361 g/mol. The number of allylic oxidation sites excluding steroid dienone is 1. The molecule has 27 heavy (non-hydrogen) atoms. The summed E-state index contributed by atoms with van der Waals surface area (Å²) in [5, 5.41) is 37.9. The first-order valence-electron chi connectivity index (χ1n) is 7.93. The van der Waals surface area contributed by atoms with Crippen LogP contribution in [0.3, 0.4) is 0 Å².